The monoisotopic (exact) mass is 701 g/mol. The summed E-state index contributed by atoms with van der Waals surface area (Å²) in [6, 6.07) is 8.15. The van der Waals surface area contributed by atoms with Crippen LogP contribution >= 0.6 is 11.3 Å². The molecular formula is C37H63N7O4S. The van der Waals surface area contributed by atoms with Gasteiger partial charge in [-0.25, -0.2) is 4.98 Å². The summed E-state index contributed by atoms with van der Waals surface area (Å²) >= 11 is 1.64. The van der Waals surface area contributed by atoms with Crippen LogP contribution in [0.15, 0.2) is 29.8 Å². The SMILES string of the molecule is CC.CC(C)C.Cc1ncsc1-c1ccc(CNC=O)cc1.NCCN1CCC2(CC1)CCN(CC(=O)NCC(=O)N1CCC(O)C1)CC2. The van der Waals surface area contributed by atoms with Crippen molar-refractivity contribution in [3.8, 4) is 10.4 Å². The van der Waals surface area contributed by atoms with E-state index in [0.717, 1.165) is 69.3 Å². The van der Waals surface area contributed by atoms with Crippen LogP contribution < -0.4 is 16.4 Å². The van der Waals surface area contributed by atoms with Crippen LogP contribution in [0.1, 0.15) is 78.0 Å². The Morgan fingerprint density at radius 2 is 1.63 bits per heavy atom. The second-order valence-electron chi connectivity index (χ2n) is 13.7. The molecule has 1 aromatic carbocycles. The van der Waals surface area contributed by atoms with E-state index in [1.807, 2.05) is 38.4 Å². The second-order valence-corrected chi connectivity index (χ2v) is 14.5. The zero-order valence-corrected chi connectivity index (χ0v) is 31.7. The van der Waals surface area contributed by atoms with E-state index in [-0.39, 0.29) is 18.4 Å². The van der Waals surface area contributed by atoms with E-state index >= 15 is 0 Å². The van der Waals surface area contributed by atoms with Gasteiger partial charge in [0.05, 0.1) is 35.3 Å². The lowest BCUT2D eigenvalue weighted by Crippen LogP contribution is -2.50. The minimum atomic E-state index is -0.424. The number of nitrogens with one attached hydrogen (secondary N) is 2. The van der Waals surface area contributed by atoms with Crippen LogP contribution in [0, 0.1) is 18.3 Å². The van der Waals surface area contributed by atoms with Crippen LogP contribution in [0.2, 0.25) is 0 Å². The number of aliphatic hydroxyl groups is 1. The van der Waals surface area contributed by atoms with E-state index in [0.29, 0.717) is 44.4 Å². The third-order valence-corrected chi connectivity index (χ3v) is 9.93. The Bertz CT molecular complexity index is 1220. The zero-order valence-electron chi connectivity index (χ0n) is 30.9. The molecule has 11 nitrogen and oxygen atoms in total. The molecule has 3 fully saturated rings. The van der Waals surface area contributed by atoms with E-state index in [1.165, 1.54) is 23.3 Å². The van der Waals surface area contributed by atoms with Crippen LogP contribution in [0.5, 0.6) is 0 Å². The molecule has 1 unspecified atom stereocenters. The summed E-state index contributed by atoms with van der Waals surface area (Å²) in [5.74, 6) is 0.638. The molecule has 3 aliphatic rings. The van der Waals surface area contributed by atoms with Crippen molar-refractivity contribution >= 4 is 29.6 Å². The number of rotatable bonds is 10. The molecular weight excluding hydrogens is 639 g/mol. The van der Waals surface area contributed by atoms with Gasteiger partial charge in [0, 0.05) is 32.7 Å². The minimum absolute atomic E-state index is 0.0281. The Morgan fingerprint density at radius 3 is 2.12 bits per heavy atom. The highest BCUT2D eigenvalue weighted by molar-refractivity contribution is 7.13. The van der Waals surface area contributed by atoms with Crippen molar-refractivity contribution in [3.05, 3.63) is 41.0 Å². The third-order valence-electron chi connectivity index (χ3n) is 8.95. The summed E-state index contributed by atoms with van der Waals surface area (Å²) in [6.07, 6.45) is 5.70. The molecule has 1 atom stereocenters. The summed E-state index contributed by atoms with van der Waals surface area (Å²) in [4.78, 5) is 46.1. The summed E-state index contributed by atoms with van der Waals surface area (Å²) in [5, 5.41) is 14.9. The fourth-order valence-electron chi connectivity index (χ4n) is 6.14. The Morgan fingerprint density at radius 1 is 1.04 bits per heavy atom. The average molecular weight is 702 g/mol. The summed E-state index contributed by atoms with van der Waals surface area (Å²) in [6.45, 7) is 20.4. The number of hydrogen-bond donors (Lipinski definition) is 4. The molecule has 1 aromatic heterocycles. The van der Waals surface area contributed by atoms with Crippen molar-refractivity contribution in [2.24, 2.45) is 17.1 Å². The predicted molar refractivity (Wildman–Crippen MR) is 200 cm³/mol. The summed E-state index contributed by atoms with van der Waals surface area (Å²) < 4.78 is 0. The third kappa shape index (κ3) is 15.3. The van der Waals surface area contributed by atoms with Crippen LogP contribution in [-0.2, 0) is 20.9 Å². The number of carbonyl (C=O) groups excluding carboxylic acids is 3. The molecule has 3 aliphatic heterocycles. The van der Waals surface area contributed by atoms with Crippen molar-refractivity contribution in [1.82, 2.24) is 30.3 Å². The number of β-amino-alcohol motifs (C(OH)–C–C–N with tert-alkyl or cyclic N) is 1. The number of likely N-dealkylation sites (tertiary alicyclic amines) is 3. The normalized spacial score (nSPS) is 18.7. The van der Waals surface area contributed by atoms with Gasteiger partial charge in [0.25, 0.3) is 0 Å². The van der Waals surface area contributed by atoms with Gasteiger partial charge in [-0.15, -0.1) is 11.3 Å². The fourth-order valence-corrected chi connectivity index (χ4v) is 6.96. The van der Waals surface area contributed by atoms with Gasteiger partial charge in [-0.2, -0.15) is 0 Å². The molecule has 2 aromatic rings. The molecule has 1 spiro atoms. The molecule has 3 amide bonds. The Balaban J connectivity index is 0.000000320. The maximum absolute atomic E-state index is 12.2. The van der Waals surface area contributed by atoms with E-state index in [9.17, 15) is 19.5 Å². The van der Waals surface area contributed by atoms with Crippen LogP contribution in [0.25, 0.3) is 10.4 Å². The molecule has 5 N–H and O–H groups in total. The maximum atomic E-state index is 12.2. The molecule has 276 valence electrons. The van der Waals surface area contributed by atoms with Crippen molar-refractivity contribution in [3.63, 3.8) is 0 Å². The number of nitrogens with zero attached hydrogens (tertiary/aromatic N) is 4. The Labute approximate surface area is 299 Å². The lowest BCUT2D eigenvalue weighted by molar-refractivity contribution is -0.132. The van der Waals surface area contributed by atoms with E-state index in [1.54, 1.807) is 16.2 Å². The maximum Gasteiger partial charge on any atom is 0.242 e. The lowest BCUT2D eigenvalue weighted by Gasteiger charge is -2.46. The zero-order chi connectivity index (χ0) is 36.2. The number of thiazole rings is 1. The van der Waals surface area contributed by atoms with E-state index in [2.05, 4.69) is 58.3 Å². The molecule has 0 radical (unpaired) electrons. The van der Waals surface area contributed by atoms with Gasteiger partial charge in [0.15, 0.2) is 0 Å². The number of nitrogens with two attached hydrogens (primary N) is 1. The number of benzene rings is 1. The topological polar surface area (TPSA) is 144 Å². The molecule has 5 rings (SSSR count). The van der Waals surface area contributed by atoms with Crippen LogP contribution in [-0.4, -0.2) is 115 Å². The number of piperidine rings is 2. The summed E-state index contributed by atoms with van der Waals surface area (Å²) in [5.41, 5.74) is 11.3. The molecule has 0 saturated carbocycles. The lowest BCUT2D eigenvalue weighted by atomic mass is 9.71. The number of carbonyl (C=O) groups is 3. The summed E-state index contributed by atoms with van der Waals surface area (Å²) in [7, 11) is 0. The molecule has 12 heteroatoms. The highest BCUT2D eigenvalue weighted by atomic mass is 32.1. The van der Waals surface area contributed by atoms with Gasteiger partial charge in [0.2, 0.25) is 18.2 Å². The van der Waals surface area contributed by atoms with Crippen molar-refractivity contribution in [2.75, 3.05) is 65.4 Å². The first-order valence-electron chi connectivity index (χ1n) is 18.1. The molecule has 3 saturated heterocycles. The van der Waals surface area contributed by atoms with Gasteiger partial charge in [-0.05, 0) is 87.7 Å². The first kappa shape index (κ1) is 42.3. The van der Waals surface area contributed by atoms with Gasteiger partial charge < -0.3 is 31.3 Å². The number of aromatic nitrogens is 1. The second kappa shape index (κ2) is 22.7. The number of amides is 3. The van der Waals surface area contributed by atoms with Crippen LogP contribution in [0.4, 0.5) is 0 Å². The standard InChI is InChI=1S/C19H35N5O3.C12H12N2OS.C4H10.C2H6/c20-6-12-22-8-2-19(3-9-22)4-10-23(11-5-19)15-17(26)21-13-18(27)24-7-1-16(25)14-24;1-9-12(16-8-14-9)11-4-2-10(3-5-11)6-13-7-15;1-4(2)3;1-2/h16,25H,1-15,20H2,(H,21,26);2-5,7-8H,6H2,1H3,(H,13,15);4H,1-3H3;1-2H3. The first-order chi connectivity index (χ1) is 23.5. The van der Waals surface area contributed by atoms with E-state index in [4.69, 9.17) is 5.73 Å². The number of hydrogen-bond acceptors (Lipinski definition) is 9. The molecule has 49 heavy (non-hydrogen) atoms. The Hall–Kier alpha value is -2.90. The first-order valence-corrected chi connectivity index (χ1v) is 19.0. The van der Waals surface area contributed by atoms with Crippen molar-refractivity contribution < 1.29 is 19.5 Å². The highest BCUT2D eigenvalue weighted by Crippen LogP contribution is 2.41. The fraction of sp³-hybridized carbons (Fsp3) is 0.676. The van der Waals surface area contributed by atoms with E-state index < -0.39 is 6.10 Å². The van der Waals surface area contributed by atoms with Gasteiger partial charge >= 0.3 is 0 Å². The number of aliphatic hydroxyl groups excluding tert-OH is 1. The molecule has 0 bridgehead atoms. The molecule has 0 aliphatic carbocycles. The van der Waals surface area contributed by atoms with Gasteiger partial charge in [-0.1, -0.05) is 58.9 Å². The Kier molecular flexibility index (Phi) is 19.6. The quantitative estimate of drug-likeness (QED) is 0.274. The van der Waals surface area contributed by atoms with Crippen molar-refractivity contribution in [1.29, 1.82) is 0 Å². The average Bonchev–Trinajstić information content (AvgIpc) is 3.74. The largest absolute Gasteiger partial charge is 0.391 e. The molecule has 4 heterocycles. The predicted octanol–water partition coefficient (Wildman–Crippen LogP) is 3.89. The van der Waals surface area contributed by atoms with Gasteiger partial charge in [-0.3, -0.25) is 19.3 Å². The number of aryl methyl sites for hydroxylation is 1. The smallest absolute Gasteiger partial charge is 0.242 e. The van der Waals surface area contributed by atoms with Crippen molar-refractivity contribution in [2.45, 2.75) is 86.3 Å². The highest BCUT2D eigenvalue weighted by Gasteiger charge is 2.37. The van der Waals surface area contributed by atoms with Crippen LogP contribution in [0.3, 0.4) is 0 Å². The minimum Gasteiger partial charge on any atom is -0.391 e. The van der Waals surface area contributed by atoms with Gasteiger partial charge in [0.1, 0.15) is 0 Å².